The third kappa shape index (κ3) is 1.50. The number of amides is 1. The number of hydrogen-bond acceptors (Lipinski definition) is 5. The van der Waals surface area contributed by atoms with Gasteiger partial charge in [0.2, 0.25) is 0 Å². The van der Waals surface area contributed by atoms with Gasteiger partial charge in [-0.3, -0.25) is 9.69 Å². The Morgan fingerprint density at radius 2 is 2.41 bits per heavy atom. The number of rotatable bonds is 2. The Labute approximate surface area is 105 Å². The zero-order valence-corrected chi connectivity index (χ0v) is 9.99. The van der Waals surface area contributed by atoms with E-state index in [2.05, 4.69) is 4.37 Å². The molecule has 2 aliphatic heterocycles. The van der Waals surface area contributed by atoms with Gasteiger partial charge in [-0.2, -0.15) is 0 Å². The normalized spacial score (nSPS) is 24.6. The number of aromatic nitrogens is 1. The summed E-state index contributed by atoms with van der Waals surface area (Å²) >= 11 is 2.64. The molecular weight excluding hydrogens is 260 g/mol. The van der Waals surface area contributed by atoms with Gasteiger partial charge in [0.05, 0.1) is 5.57 Å². The summed E-state index contributed by atoms with van der Waals surface area (Å²) in [5.74, 6) is -1.30. The monoisotopic (exact) mass is 266 g/mol. The number of carboxylic acid groups (broad SMARTS) is 1. The van der Waals surface area contributed by atoms with E-state index in [0.29, 0.717) is 5.57 Å². The highest BCUT2D eigenvalue weighted by Crippen LogP contribution is 2.45. The van der Waals surface area contributed by atoms with Crippen LogP contribution in [0.2, 0.25) is 0 Å². The van der Waals surface area contributed by atoms with Crippen LogP contribution in [0, 0.1) is 0 Å². The smallest absolute Gasteiger partial charge is 0.353 e. The first-order chi connectivity index (χ1) is 8.18. The third-order valence-electron chi connectivity index (χ3n) is 2.51. The van der Waals surface area contributed by atoms with Crippen molar-refractivity contribution in [3.8, 4) is 0 Å². The molecule has 5 nitrogen and oxygen atoms in total. The first kappa shape index (κ1) is 10.5. The topological polar surface area (TPSA) is 70.5 Å². The molecule has 0 aliphatic carbocycles. The maximum Gasteiger partial charge on any atom is 0.353 e. The van der Waals surface area contributed by atoms with Gasteiger partial charge < -0.3 is 5.11 Å². The van der Waals surface area contributed by atoms with Gasteiger partial charge in [0.1, 0.15) is 11.1 Å². The lowest BCUT2D eigenvalue weighted by atomic mass is 10.0. The van der Waals surface area contributed by atoms with Crippen LogP contribution in [0.3, 0.4) is 0 Å². The molecule has 1 saturated heterocycles. The van der Waals surface area contributed by atoms with Gasteiger partial charge in [0.15, 0.2) is 0 Å². The molecule has 3 rings (SSSR count). The van der Waals surface area contributed by atoms with E-state index in [1.165, 1.54) is 33.6 Å². The van der Waals surface area contributed by atoms with E-state index < -0.39 is 5.97 Å². The van der Waals surface area contributed by atoms with Crippen LogP contribution in [0.15, 0.2) is 28.9 Å². The van der Waals surface area contributed by atoms with Crippen LogP contribution in [0.5, 0.6) is 0 Å². The van der Waals surface area contributed by atoms with Gasteiger partial charge in [-0.1, -0.05) is 0 Å². The fourth-order valence-electron chi connectivity index (χ4n) is 1.72. The number of hydrogen-bond donors (Lipinski definition) is 1. The van der Waals surface area contributed by atoms with E-state index in [4.69, 9.17) is 5.11 Å². The van der Waals surface area contributed by atoms with E-state index in [-0.39, 0.29) is 17.0 Å². The van der Waals surface area contributed by atoms with E-state index >= 15 is 0 Å². The second-order valence-electron chi connectivity index (χ2n) is 3.49. The Hall–Kier alpha value is -1.60. The number of fused-ring (bicyclic) bond motifs is 1. The molecule has 1 fully saturated rings. The summed E-state index contributed by atoms with van der Waals surface area (Å²) in [6.07, 6.45) is 3.44. The fourth-order valence-corrected chi connectivity index (χ4v) is 3.38. The minimum atomic E-state index is -1.06. The van der Waals surface area contributed by atoms with Gasteiger partial charge in [0, 0.05) is 16.5 Å². The molecule has 0 spiro atoms. The van der Waals surface area contributed by atoms with Crippen LogP contribution in [0.4, 0.5) is 0 Å². The van der Waals surface area contributed by atoms with Crippen LogP contribution in [-0.2, 0) is 9.59 Å². The van der Waals surface area contributed by atoms with Crippen molar-refractivity contribution >= 4 is 41.2 Å². The molecular formula is C10H6N2O3S2. The molecule has 86 valence electrons. The Morgan fingerprint density at radius 1 is 1.59 bits per heavy atom. The molecule has 0 bridgehead atoms. The van der Waals surface area contributed by atoms with Gasteiger partial charge in [0.25, 0.3) is 5.91 Å². The van der Waals surface area contributed by atoms with Crippen LogP contribution in [-0.4, -0.2) is 31.6 Å². The molecule has 1 atom stereocenters. The number of β-lactam (4-membered cyclic amide) rings is 1. The third-order valence-corrected chi connectivity index (χ3v) is 4.28. The second kappa shape index (κ2) is 3.71. The molecule has 0 aromatic carbocycles. The Bertz CT molecular complexity index is 562. The summed E-state index contributed by atoms with van der Waals surface area (Å²) in [6.45, 7) is 0. The largest absolute Gasteiger partial charge is 0.477 e. The molecule has 0 unspecified atom stereocenters. The first-order valence-electron chi connectivity index (χ1n) is 4.73. The average Bonchev–Trinajstić information content (AvgIpc) is 2.93. The number of aliphatic carboxylic acids is 1. The van der Waals surface area contributed by atoms with Gasteiger partial charge >= 0.3 is 5.97 Å². The van der Waals surface area contributed by atoms with Crippen molar-refractivity contribution in [1.82, 2.24) is 9.27 Å². The van der Waals surface area contributed by atoms with E-state index in [9.17, 15) is 9.59 Å². The number of carboxylic acids is 1. The Morgan fingerprint density at radius 3 is 3.06 bits per heavy atom. The summed E-state index contributed by atoms with van der Waals surface area (Å²) in [5, 5.41) is 10.2. The van der Waals surface area contributed by atoms with Crippen molar-refractivity contribution < 1.29 is 14.7 Å². The Balaban J connectivity index is 1.87. The van der Waals surface area contributed by atoms with Gasteiger partial charge in [-0.05, 0) is 23.7 Å². The minimum Gasteiger partial charge on any atom is -0.477 e. The van der Waals surface area contributed by atoms with Crippen molar-refractivity contribution in [2.75, 3.05) is 0 Å². The summed E-state index contributed by atoms with van der Waals surface area (Å²) < 4.78 is 3.95. The van der Waals surface area contributed by atoms with E-state index in [1.54, 1.807) is 12.3 Å². The van der Waals surface area contributed by atoms with Crippen molar-refractivity contribution in [3.05, 3.63) is 33.8 Å². The second-order valence-corrected chi connectivity index (χ2v) is 5.31. The van der Waals surface area contributed by atoms with Crippen LogP contribution >= 0.6 is 23.3 Å². The Kier molecular flexibility index (Phi) is 2.30. The van der Waals surface area contributed by atoms with Crippen LogP contribution in [0.25, 0.3) is 6.08 Å². The highest BCUT2D eigenvalue weighted by molar-refractivity contribution is 8.03. The molecule has 17 heavy (non-hydrogen) atoms. The molecule has 1 aromatic heterocycles. The molecule has 0 radical (unpaired) electrons. The van der Waals surface area contributed by atoms with Crippen molar-refractivity contribution in [2.24, 2.45) is 0 Å². The van der Waals surface area contributed by atoms with Gasteiger partial charge in [-0.25, -0.2) is 9.17 Å². The standard InChI is InChI=1S/C10H6N2O3S2/c13-8-6(3-5-1-2-11-17-5)9-12(8)7(4-16-9)10(14)15/h1-4,9H,(H,14,15)/t9-/m1/s1. The van der Waals surface area contributed by atoms with E-state index in [0.717, 1.165) is 4.88 Å². The quantitative estimate of drug-likeness (QED) is 0.646. The SMILES string of the molecule is O=C(O)C1=CS[C@@H]2C(=Cc3ccns3)C(=O)N12. The fraction of sp³-hybridized carbons (Fsp3) is 0.100. The van der Waals surface area contributed by atoms with Crippen molar-refractivity contribution in [2.45, 2.75) is 5.37 Å². The lowest BCUT2D eigenvalue weighted by molar-refractivity contribution is -0.141. The number of carbonyl (C=O) groups excluding carboxylic acids is 1. The molecule has 1 aromatic rings. The summed E-state index contributed by atoms with van der Waals surface area (Å²) in [5.41, 5.74) is 0.693. The van der Waals surface area contributed by atoms with E-state index in [1.807, 2.05) is 6.07 Å². The minimum absolute atomic E-state index is 0.0615. The lowest BCUT2D eigenvalue weighted by Crippen LogP contribution is -2.51. The number of nitrogens with zero attached hydrogens (tertiary/aromatic N) is 2. The number of carbonyl (C=O) groups is 2. The maximum atomic E-state index is 11.8. The highest BCUT2D eigenvalue weighted by Gasteiger charge is 2.49. The highest BCUT2D eigenvalue weighted by atomic mass is 32.2. The molecule has 1 amide bonds. The van der Waals surface area contributed by atoms with Crippen LogP contribution in [0.1, 0.15) is 4.88 Å². The predicted octanol–water partition coefficient (Wildman–Crippen LogP) is 1.37. The lowest BCUT2D eigenvalue weighted by Gasteiger charge is -2.37. The zero-order valence-electron chi connectivity index (χ0n) is 8.36. The number of thioether (sulfide) groups is 1. The van der Waals surface area contributed by atoms with Gasteiger partial charge in [-0.15, -0.1) is 11.8 Å². The van der Waals surface area contributed by atoms with Crippen molar-refractivity contribution in [1.29, 1.82) is 0 Å². The summed E-state index contributed by atoms with van der Waals surface area (Å²) in [4.78, 5) is 24.9. The predicted molar refractivity (Wildman–Crippen MR) is 64.0 cm³/mol. The molecule has 0 saturated carbocycles. The molecule has 7 heteroatoms. The van der Waals surface area contributed by atoms with Crippen LogP contribution < -0.4 is 0 Å². The summed E-state index contributed by atoms with van der Waals surface area (Å²) in [7, 11) is 0. The van der Waals surface area contributed by atoms with Crippen molar-refractivity contribution in [3.63, 3.8) is 0 Å². The molecule has 1 N–H and O–H groups in total. The summed E-state index contributed by atoms with van der Waals surface area (Å²) in [6, 6.07) is 1.82. The maximum absolute atomic E-state index is 11.8. The zero-order chi connectivity index (χ0) is 12.0. The first-order valence-corrected chi connectivity index (χ1v) is 6.45. The average molecular weight is 266 g/mol. The molecule has 3 heterocycles. The molecule has 2 aliphatic rings.